The van der Waals surface area contributed by atoms with Crippen molar-refractivity contribution in [2.75, 3.05) is 13.2 Å². The molecule has 0 aromatic carbocycles. The summed E-state index contributed by atoms with van der Waals surface area (Å²) < 4.78 is 16.8. The minimum atomic E-state index is -0.761. The third-order valence-electron chi connectivity index (χ3n) is 12.5. The van der Waals surface area contributed by atoms with Crippen molar-refractivity contribution in [2.24, 2.45) is 5.92 Å². The van der Waals surface area contributed by atoms with Crippen LogP contribution >= 0.6 is 0 Å². The summed E-state index contributed by atoms with van der Waals surface area (Å²) in [6, 6.07) is 0. The van der Waals surface area contributed by atoms with Crippen LogP contribution in [0.1, 0.15) is 310 Å². The van der Waals surface area contributed by atoms with Gasteiger partial charge in [-0.3, -0.25) is 14.4 Å². The van der Waals surface area contributed by atoms with Crippen molar-refractivity contribution in [1.29, 1.82) is 0 Å². The molecule has 6 heteroatoms. The molecule has 0 aromatic rings. The molecule has 0 aliphatic rings. The Bertz CT molecular complexity index is 918. The SMILES string of the molecule is CCCCCCCCCCCCCCCCCCCCC(=O)OC[C@@H](COC(=O)CCCCCCCCCCCCCC(C)C)OC(=O)CCCCCCCCCCCCC. The average Bonchev–Trinajstić information content (AvgIpc) is 3.24. The van der Waals surface area contributed by atoms with Crippen LogP contribution in [0, 0.1) is 5.92 Å². The lowest BCUT2D eigenvalue weighted by molar-refractivity contribution is -0.167. The van der Waals surface area contributed by atoms with Crippen LogP contribution < -0.4 is 0 Å². The fourth-order valence-electron chi connectivity index (χ4n) is 8.39. The highest BCUT2D eigenvalue weighted by Crippen LogP contribution is 2.17. The van der Waals surface area contributed by atoms with E-state index in [0.29, 0.717) is 19.3 Å². The summed E-state index contributed by atoms with van der Waals surface area (Å²) in [5.41, 5.74) is 0. The predicted molar refractivity (Wildman–Crippen MR) is 261 cm³/mol. The lowest BCUT2D eigenvalue weighted by Gasteiger charge is -2.18. The van der Waals surface area contributed by atoms with Crippen molar-refractivity contribution < 1.29 is 28.6 Å². The number of ether oxygens (including phenoxy) is 3. The van der Waals surface area contributed by atoms with E-state index >= 15 is 0 Å². The van der Waals surface area contributed by atoms with Crippen molar-refractivity contribution in [2.45, 2.75) is 316 Å². The number of unbranched alkanes of at least 4 members (excludes halogenated alkanes) is 37. The quantitative estimate of drug-likeness (QED) is 0.0344. The maximum atomic E-state index is 12.8. The smallest absolute Gasteiger partial charge is 0.306 e. The molecule has 0 saturated heterocycles. The summed E-state index contributed by atoms with van der Waals surface area (Å²) in [6.07, 6.45) is 52.3. The molecule has 1 atom stereocenters. The molecule has 0 unspecified atom stereocenters. The Morgan fingerprint density at radius 1 is 0.311 bits per heavy atom. The van der Waals surface area contributed by atoms with Crippen LogP contribution in [0.4, 0.5) is 0 Å². The van der Waals surface area contributed by atoms with Gasteiger partial charge in [-0.1, -0.05) is 272 Å². The molecule has 0 saturated carbocycles. The molecule has 0 radical (unpaired) electrons. The van der Waals surface area contributed by atoms with E-state index < -0.39 is 6.10 Å². The molecule has 0 fully saturated rings. The summed E-state index contributed by atoms with van der Waals surface area (Å²) in [5.74, 6) is -0.0146. The molecular weight excluding hydrogens is 757 g/mol. The lowest BCUT2D eigenvalue weighted by Crippen LogP contribution is -2.30. The molecule has 61 heavy (non-hydrogen) atoms. The van der Waals surface area contributed by atoms with Gasteiger partial charge in [0.25, 0.3) is 0 Å². The second-order valence-electron chi connectivity index (χ2n) is 19.3. The molecule has 0 spiro atoms. The molecule has 0 aliphatic heterocycles. The van der Waals surface area contributed by atoms with Crippen LogP contribution in [0.2, 0.25) is 0 Å². The molecule has 0 rings (SSSR count). The highest BCUT2D eigenvalue weighted by atomic mass is 16.6. The molecule has 0 aliphatic carbocycles. The zero-order valence-electron chi connectivity index (χ0n) is 41.6. The van der Waals surface area contributed by atoms with Crippen molar-refractivity contribution in [3.63, 3.8) is 0 Å². The van der Waals surface area contributed by atoms with Crippen LogP contribution in [-0.4, -0.2) is 37.2 Å². The van der Waals surface area contributed by atoms with Crippen LogP contribution in [0.25, 0.3) is 0 Å². The standard InChI is InChI=1S/C55H106O6/c1-5-7-9-11-13-15-17-18-19-20-21-22-23-27-30-34-38-42-46-53(56)59-49-52(61-55(58)48-44-40-36-32-25-16-14-12-10-8-6-2)50-60-54(57)47-43-39-35-31-28-24-26-29-33-37-41-45-51(3)4/h51-52H,5-50H2,1-4H3/t52-/m0/s1. The minimum Gasteiger partial charge on any atom is -0.462 e. The summed E-state index contributed by atoms with van der Waals surface area (Å²) in [7, 11) is 0. The topological polar surface area (TPSA) is 78.9 Å². The number of esters is 3. The summed E-state index contributed by atoms with van der Waals surface area (Å²) >= 11 is 0. The van der Waals surface area contributed by atoms with Gasteiger partial charge >= 0.3 is 17.9 Å². The van der Waals surface area contributed by atoms with Gasteiger partial charge in [0.15, 0.2) is 6.10 Å². The van der Waals surface area contributed by atoms with Crippen molar-refractivity contribution >= 4 is 17.9 Å². The van der Waals surface area contributed by atoms with Crippen LogP contribution in [0.3, 0.4) is 0 Å². The first kappa shape index (κ1) is 59.4. The zero-order chi connectivity index (χ0) is 44.5. The van der Waals surface area contributed by atoms with E-state index in [1.54, 1.807) is 0 Å². The number of carbonyl (C=O) groups excluding carboxylic acids is 3. The first-order valence-electron chi connectivity index (χ1n) is 27.4. The van der Waals surface area contributed by atoms with Gasteiger partial charge in [0.2, 0.25) is 0 Å². The van der Waals surface area contributed by atoms with E-state index in [9.17, 15) is 14.4 Å². The highest BCUT2D eigenvalue weighted by molar-refractivity contribution is 5.71. The van der Waals surface area contributed by atoms with Gasteiger partial charge in [-0.25, -0.2) is 0 Å². The van der Waals surface area contributed by atoms with Gasteiger partial charge in [-0.2, -0.15) is 0 Å². The van der Waals surface area contributed by atoms with Gasteiger partial charge < -0.3 is 14.2 Å². The van der Waals surface area contributed by atoms with Crippen LogP contribution in [0.15, 0.2) is 0 Å². The summed E-state index contributed by atoms with van der Waals surface area (Å²) in [6.45, 7) is 9.03. The molecule has 0 aromatic heterocycles. The number of carbonyl (C=O) groups is 3. The Morgan fingerprint density at radius 2 is 0.541 bits per heavy atom. The largest absolute Gasteiger partial charge is 0.462 e. The monoisotopic (exact) mass is 863 g/mol. The molecule has 0 bridgehead atoms. The van der Waals surface area contributed by atoms with Gasteiger partial charge in [-0.05, 0) is 25.2 Å². The average molecular weight is 863 g/mol. The van der Waals surface area contributed by atoms with Crippen molar-refractivity contribution in [1.82, 2.24) is 0 Å². The second-order valence-corrected chi connectivity index (χ2v) is 19.3. The molecule has 0 N–H and O–H groups in total. The van der Waals surface area contributed by atoms with Crippen molar-refractivity contribution in [3.05, 3.63) is 0 Å². The summed E-state index contributed by atoms with van der Waals surface area (Å²) in [4.78, 5) is 38.0. The van der Waals surface area contributed by atoms with Crippen molar-refractivity contribution in [3.8, 4) is 0 Å². The molecule has 0 amide bonds. The Balaban J connectivity index is 4.25. The zero-order valence-corrected chi connectivity index (χ0v) is 41.6. The van der Waals surface area contributed by atoms with E-state index in [0.717, 1.165) is 63.7 Å². The number of hydrogen-bond acceptors (Lipinski definition) is 6. The second kappa shape index (κ2) is 49.4. The van der Waals surface area contributed by atoms with Gasteiger partial charge in [0.05, 0.1) is 0 Å². The Morgan fingerprint density at radius 3 is 0.803 bits per heavy atom. The van der Waals surface area contributed by atoms with Crippen LogP contribution in [0.5, 0.6) is 0 Å². The van der Waals surface area contributed by atoms with E-state index in [1.165, 1.54) is 205 Å². The van der Waals surface area contributed by atoms with Gasteiger partial charge in [-0.15, -0.1) is 0 Å². The fraction of sp³-hybridized carbons (Fsp3) is 0.945. The molecule has 0 heterocycles. The lowest BCUT2D eigenvalue weighted by atomic mass is 10.0. The van der Waals surface area contributed by atoms with Gasteiger partial charge in [0.1, 0.15) is 13.2 Å². The molecule has 6 nitrogen and oxygen atoms in total. The Hall–Kier alpha value is -1.59. The van der Waals surface area contributed by atoms with E-state index in [-0.39, 0.29) is 31.1 Å². The Kier molecular flexibility index (Phi) is 48.1. The number of hydrogen-bond donors (Lipinski definition) is 0. The van der Waals surface area contributed by atoms with Gasteiger partial charge in [0, 0.05) is 19.3 Å². The summed E-state index contributed by atoms with van der Waals surface area (Å²) in [5, 5.41) is 0. The fourth-order valence-corrected chi connectivity index (χ4v) is 8.39. The maximum Gasteiger partial charge on any atom is 0.306 e. The first-order chi connectivity index (χ1) is 29.9. The minimum absolute atomic E-state index is 0.0624. The number of rotatable bonds is 50. The maximum absolute atomic E-state index is 12.8. The van der Waals surface area contributed by atoms with E-state index in [2.05, 4.69) is 27.7 Å². The first-order valence-corrected chi connectivity index (χ1v) is 27.4. The normalized spacial score (nSPS) is 12.0. The highest BCUT2D eigenvalue weighted by Gasteiger charge is 2.19. The van der Waals surface area contributed by atoms with E-state index in [4.69, 9.17) is 14.2 Å². The van der Waals surface area contributed by atoms with Crippen LogP contribution in [-0.2, 0) is 28.6 Å². The molecule has 362 valence electrons. The third-order valence-corrected chi connectivity index (χ3v) is 12.5. The molecular formula is C55H106O6. The Labute approximate surface area is 380 Å². The predicted octanol–water partition coefficient (Wildman–Crippen LogP) is 17.8. The van der Waals surface area contributed by atoms with E-state index in [1.807, 2.05) is 0 Å². The third kappa shape index (κ3) is 49.3.